The third-order valence-electron chi connectivity index (χ3n) is 3.91. The van der Waals surface area contributed by atoms with E-state index in [0.29, 0.717) is 6.54 Å². The van der Waals surface area contributed by atoms with Crippen LogP contribution >= 0.6 is 0 Å². The van der Waals surface area contributed by atoms with Gasteiger partial charge in [-0.05, 0) is 43.5 Å². The lowest BCUT2D eigenvalue weighted by atomic mass is 9.99. The number of nitrogens with one attached hydrogen (secondary N) is 1. The van der Waals surface area contributed by atoms with Crippen molar-refractivity contribution in [2.24, 2.45) is 11.7 Å². The Morgan fingerprint density at radius 1 is 1.24 bits per heavy atom. The van der Waals surface area contributed by atoms with E-state index in [0.717, 1.165) is 29.7 Å². The van der Waals surface area contributed by atoms with Crippen molar-refractivity contribution in [3.05, 3.63) is 29.3 Å². The number of aryl methyl sites for hydroxylation is 1. The predicted molar refractivity (Wildman–Crippen MR) is 86.9 cm³/mol. The van der Waals surface area contributed by atoms with Crippen molar-refractivity contribution < 1.29 is 4.79 Å². The van der Waals surface area contributed by atoms with Gasteiger partial charge < -0.3 is 11.1 Å². The number of hydrogen-bond donors (Lipinski definition) is 2. The molecular weight excluding hydrogens is 260 g/mol. The molecule has 0 atom stereocenters. The summed E-state index contributed by atoms with van der Waals surface area (Å²) in [5, 5.41) is 3.06. The zero-order valence-electron chi connectivity index (χ0n) is 12.7. The highest BCUT2D eigenvalue weighted by atomic mass is 16.1. The summed E-state index contributed by atoms with van der Waals surface area (Å²) in [6.07, 6.45) is 6.87. The van der Waals surface area contributed by atoms with Crippen molar-refractivity contribution in [2.75, 3.05) is 11.9 Å². The van der Waals surface area contributed by atoms with Crippen LogP contribution in [0, 0.1) is 24.7 Å². The van der Waals surface area contributed by atoms with Crippen LogP contribution in [0.15, 0.2) is 18.2 Å². The van der Waals surface area contributed by atoms with Crippen LogP contribution in [0.25, 0.3) is 0 Å². The van der Waals surface area contributed by atoms with Crippen molar-refractivity contribution in [3.8, 4) is 11.8 Å². The lowest BCUT2D eigenvalue weighted by molar-refractivity contribution is -0.120. The second-order valence-corrected chi connectivity index (χ2v) is 5.77. The lowest BCUT2D eigenvalue weighted by Crippen LogP contribution is -2.22. The molecule has 112 valence electrons. The number of carbonyl (C=O) groups excluding carboxylic acids is 1. The Morgan fingerprint density at radius 2 is 1.95 bits per heavy atom. The quantitative estimate of drug-likeness (QED) is 0.647. The van der Waals surface area contributed by atoms with Gasteiger partial charge in [-0.3, -0.25) is 4.79 Å². The third-order valence-corrected chi connectivity index (χ3v) is 3.91. The van der Waals surface area contributed by atoms with Crippen LogP contribution in [0.1, 0.15) is 49.7 Å². The summed E-state index contributed by atoms with van der Waals surface area (Å²) in [5.74, 6) is 6.18. The van der Waals surface area contributed by atoms with Crippen molar-refractivity contribution in [1.82, 2.24) is 0 Å². The monoisotopic (exact) mass is 284 g/mol. The van der Waals surface area contributed by atoms with Gasteiger partial charge in [0.1, 0.15) is 0 Å². The molecule has 3 heteroatoms. The van der Waals surface area contributed by atoms with E-state index in [1.165, 1.54) is 25.7 Å². The summed E-state index contributed by atoms with van der Waals surface area (Å²) in [5.41, 5.74) is 8.23. The van der Waals surface area contributed by atoms with Gasteiger partial charge in [-0.2, -0.15) is 0 Å². The van der Waals surface area contributed by atoms with Gasteiger partial charge in [0.2, 0.25) is 5.91 Å². The SMILES string of the molecule is Cc1cc(C#CCN)cc(NC(=O)C2CCCCCC2)c1. The van der Waals surface area contributed by atoms with Crippen LogP contribution in [0.2, 0.25) is 0 Å². The Kier molecular flexibility index (Phi) is 5.83. The fraction of sp³-hybridized carbons (Fsp3) is 0.500. The van der Waals surface area contributed by atoms with E-state index in [1.54, 1.807) is 0 Å². The Labute approximate surface area is 127 Å². The molecule has 0 aromatic heterocycles. The molecule has 0 heterocycles. The standard InChI is InChI=1S/C18H24N2O/c1-14-11-15(7-6-10-19)13-17(12-14)20-18(21)16-8-4-2-3-5-9-16/h11-13,16H,2-5,8-10,19H2,1H3,(H,20,21). The van der Waals surface area contributed by atoms with Crippen LogP contribution in [0.5, 0.6) is 0 Å². The maximum Gasteiger partial charge on any atom is 0.227 e. The molecule has 0 saturated heterocycles. The molecule has 0 aliphatic heterocycles. The highest BCUT2D eigenvalue weighted by Gasteiger charge is 2.20. The van der Waals surface area contributed by atoms with E-state index in [4.69, 9.17) is 5.73 Å². The molecule has 0 unspecified atom stereocenters. The predicted octanol–water partition coefficient (Wildman–Crippen LogP) is 3.21. The fourth-order valence-corrected chi connectivity index (χ4v) is 2.87. The molecule has 1 aliphatic rings. The summed E-state index contributed by atoms with van der Waals surface area (Å²) < 4.78 is 0. The Hall–Kier alpha value is -1.79. The summed E-state index contributed by atoms with van der Waals surface area (Å²) >= 11 is 0. The first-order chi connectivity index (χ1) is 10.2. The number of benzene rings is 1. The molecule has 0 radical (unpaired) electrons. The normalized spacial score (nSPS) is 15.7. The van der Waals surface area contributed by atoms with Gasteiger partial charge in [-0.1, -0.05) is 37.5 Å². The first-order valence-electron chi connectivity index (χ1n) is 7.80. The maximum absolute atomic E-state index is 12.4. The number of rotatable bonds is 2. The van der Waals surface area contributed by atoms with Crippen molar-refractivity contribution >= 4 is 11.6 Å². The van der Waals surface area contributed by atoms with E-state index in [2.05, 4.69) is 17.2 Å². The summed E-state index contributed by atoms with van der Waals surface area (Å²) in [7, 11) is 0. The maximum atomic E-state index is 12.4. The van der Waals surface area contributed by atoms with Crippen molar-refractivity contribution in [2.45, 2.75) is 45.4 Å². The molecule has 21 heavy (non-hydrogen) atoms. The third kappa shape index (κ3) is 4.91. The minimum Gasteiger partial charge on any atom is -0.326 e. The Balaban J connectivity index is 2.07. The molecule has 1 saturated carbocycles. The zero-order chi connectivity index (χ0) is 15.1. The van der Waals surface area contributed by atoms with Gasteiger partial charge in [0.05, 0.1) is 6.54 Å². The van der Waals surface area contributed by atoms with Gasteiger partial charge in [-0.25, -0.2) is 0 Å². The highest BCUT2D eigenvalue weighted by molar-refractivity contribution is 5.92. The van der Waals surface area contributed by atoms with Crippen LogP contribution in [-0.2, 0) is 4.79 Å². The second-order valence-electron chi connectivity index (χ2n) is 5.77. The molecule has 3 N–H and O–H groups in total. The minimum atomic E-state index is 0.153. The molecule has 1 amide bonds. The van der Waals surface area contributed by atoms with E-state index < -0.39 is 0 Å². The first-order valence-corrected chi connectivity index (χ1v) is 7.80. The molecule has 0 spiro atoms. The number of anilines is 1. The van der Waals surface area contributed by atoms with Crippen LogP contribution in [-0.4, -0.2) is 12.5 Å². The van der Waals surface area contributed by atoms with Crippen molar-refractivity contribution in [1.29, 1.82) is 0 Å². The molecule has 1 aromatic rings. The topological polar surface area (TPSA) is 55.1 Å². The van der Waals surface area contributed by atoms with Gasteiger partial charge in [0.25, 0.3) is 0 Å². The molecular formula is C18H24N2O. The smallest absolute Gasteiger partial charge is 0.227 e. The number of hydrogen-bond acceptors (Lipinski definition) is 2. The molecule has 3 nitrogen and oxygen atoms in total. The Morgan fingerprint density at radius 3 is 2.62 bits per heavy atom. The average Bonchev–Trinajstić information content (AvgIpc) is 2.73. The van der Waals surface area contributed by atoms with Gasteiger partial charge in [-0.15, -0.1) is 0 Å². The summed E-state index contributed by atoms with van der Waals surface area (Å²) in [6, 6.07) is 5.91. The minimum absolute atomic E-state index is 0.153. The van der Waals surface area contributed by atoms with E-state index in [9.17, 15) is 4.79 Å². The van der Waals surface area contributed by atoms with Crippen LogP contribution in [0.3, 0.4) is 0 Å². The average molecular weight is 284 g/mol. The van der Waals surface area contributed by atoms with E-state index in [1.807, 2.05) is 25.1 Å². The Bertz CT molecular complexity index is 546. The second kappa shape index (κ2) is 7.85. The van der Waals surface area contributed by atoms with Crippen LogP contribution < -0.4 is 11.1 Å². The van der Waals surface area contributed by atoms with Gasteiger partial charge >= 0.3 is 0 Å². The molecule has 0 bridgehead atoms. The molecule has 2 rings (SSSR count). The van der Waals surface area contributed by atoms with Crippen LogP contribution in [0.4, 0.5) is 5.69 Å². The number of carbonyl (C=O) groups is 1. The number of amides is 1. The van der Waals surface area contributed by atoms with E-state index in [-0.39, 0.29) is 11.8 Å². The van der Waals surface area contributed by atoms with Gasteiger partial charge in [0.15, 0.2) is 0 Å². The first kappa shape index (κ1) is 15.6. The molecule has 1 fully saturated rings. The summed E-state index contributed by atoms with van der Waals surface area (Å²) in [6.45, 7) is 2.35. The van der Waals surface area contributed by atoms with Gasteiger partial charge in [0, 0.05) is 17.2 Å². The molecule has 1 aliphatic carbocycles. The van der Waals surface area contributed by atoms with E-state index >= 15 is 0 Å². The highest BCUT2D eigenvalue weighted by Crippen LogP contribution is 2.24. The van der Waals surface area contributed by atoms with Crippen molar-refractivity contribution in [3.63, 3.8) is 0 Å². The lowest BCUT2D eigenvalue weighted by Gasteiger charge is -2.14. The molecule has 1 aromatic carbocycles. The largest absolute Gasteiger partial charge is 0.326 e. The zero-order valence-corrected chi connectivity index (χ0v) is 12.7. The fourth-order valence-electron chi connectivity index (χ4n) is 2.87. The summed E-state index contributed by atoms with van der Waals surface area (Å²) in [4.78, 5) is 12.4. The number of nitrogens with two attached hydrogens (primary N) is 1.